The second kappa shape index (κ2) is 8.69. The standard InChI is InChI=1S/C6H8O6.CH2O3.K/c7-1-2(8)5-3(9)4(10)6(11)12-5;2-1(3)4;/h2,5,7-10H,1H2;(H2,2,3,4);/q;;+1/p-1/t2?,5-;;/m1../s1. The zero-order valence-electron chi connectivity index (χ0n) is 8.73. The number of carboxylic acid groups (broad SMARTS) is 2. The van der Waals surface area contributed by atoms with Gasteiger partial charge in [0.25, 0.3) is 0 Å². The third-order valence-electron chi connectivity index (χ3n) is 1.48. The van der Waals surface area contributed by atoms with E-state index < -0.39 is 42.5 Å². The van der Waals surface area contributed by atoms with Gasteiger partial charge in [-0.15, -0.1) is 0 Å². The minimum Gasteiger partial charge on any atom is -0.565 e. The van der Waals surface area contributed by atoms with Crippen LogP contribution < -0.4 is 56.5 Å². The van der Waals surface area contributed by atoms with E-state index in [1.807, 2.05) is 0 Å². The Balaban J connectivity index is 0. The van der Waals surface area contributed by atoms with Gasteiger partial charge in [-0.1, -0.05) is 0 Å². The first kappa shape index (κ1) is 19.0. The van der Waals surface area contributed by atoms with Crippen molar-refractivity contribution in [2.24, 2.45) is 0 Å². The molecule has 1 aliphatic heterocycles. The Kier molecular flexibility index (Phi) is 9.70. The molecule has 0 saturated heterocycles. The van der Waals surface area contributed by atoms with Crippen LogP contribution in [0.3, 0.4) is 0 Å². The summed E-state index contributed by atoms with van der Waals surface area (Å²) in [4.78, 5) is 19.0. The topological polar surface area (TPSA) is 168 Å². The molecule has 1 heterocycles. The first-order valence-corrected chi connectivity index (χ1v) is 3.83. The van der Waals surface area contributed by atoms with Gasteiger partial charge in [-0.05, 0) is 0 Å². The van der Waals surface area contributed by atoms with E-state index in [0.717, 1.165) is 0 Å². The molecule has 0 saturated carbocycles. The van der Waals surface area contributed by atoms with Gasteiger partial charge in [0.15, 0.2) is 11.9 Å². The molecule has 17 heavy (non-hydrogen) atoms. The Morgan fingerprint density at radius 3 is 2.12 bits per heavy atom. The Hall–Kier alpha value is -0.364. The molecule has 1 rings (SSSR count). The van der Waals surface area contributed by atoms with Crippen molar-refractivity contribution in [1.82, 2.24) is 0 Å². The number of aliphatic hydroxyl groups is 4. The van der Waals surface area contributed by atoms with Crippen molar-refractivity contribution in [1.29, 1.82) is 0 Å². The third kappa shape index (κ3) is 6.21. The van der Waals surface area contributed by atoms with Gasteiger partial charge in [-0.3, -0.25) is 0 Å². The Morgan fingerprint density at radius 2 is 1.88 bits per heavy atom. The van der Waals surface area contributed by atoms with Gasteiger partial charge in [-0.25, -0.2) is 4.79 Å². The summed E-state index contributed by atoms with van der Waals surface area (Å²) in [5.74, 6) is -2.78. The van der Waals surface area contributed by atoms with E-state index in [4.69, 9.17) is 35.4 Å². The van der Waals surface area contributed by atoms with E-state index >= 15 is 0 Å². The zero-order chi connectivity index (χ0) is 12.9. The molecule has 0 aromatic heterocycles. The minimum atomic E-state index is -2.08. The van der Waals surface area contributed by atoms with Crippen molar-refractivity contribution < 1.29 is 96.3 Å². The summed E-state index contributed by atoms with van der Waals surface area (Å²) in [5.41, 5.74) is 0. The van der Waals surface area contributed by atoms with Crippen LogP contribution in [0.4, 0.5) is 4.79 Å². The summed E-state index contributed by atoms with van der Waals surface area (Å²) in [7, 11) is 0. The van der Waals surface area contributed by atoms with Gasteiger partial charge in [0.2, 0.25) is 11.9 Å². The summed E-state index contributed by atoms with van der Waals surface area (Å²) in [6.45, 7) is -0.671. The largest absolute Gasteiger partial charge is 1.00 e. The molecule has 1 unspecified atom stereocenters. The molecule has 0 amide bonds. The molecule has 0 aromatic carbocycles. The van der Waals surface area contributed by atoms with Gasteiger partial charge in [-0.2, -0.15) is 0 Å². The van der Waals surface area contributed by atoms with E-state index in [-0.39, 0.29) is 51.4 Å². The SMILES string of the molecule is O=C([O-])O.O=C1O[C@H](C(O)CO)C(O)=C1O.[K+]. The van der Waals surface area contributed by atoms with Crippen molar-refractivity contribution in [2.75, 3.05) is 6.61 Å². The van der Waals surface area contributed by atoms with Crippen LogP contribution in [-0.4, -0.2) is 56.5 Å². The van der Waals surface area contributed by atoms with E-state index in [0.29, 0.717) is 0 Å². The molecule has 2 atom stereocenters. The third-order valence-corrected chi connectivity index (χ3v) is 1.48. The van der Waals surface area contributed by atoms with Crippen molar-refractivity contribution >= 4 is 12.1 Å². The fraction of sp³-hybridized carbons (Fsp3) is 0.429. The predicted molar refractivity (Wildman–Crippen MR) is 43.3 cm³/mol. The van der Waals surface area contributed by atoms with E-state index in [1.165, 1.54) is 0 Å². The normalized spacial score (nSPS) is 19.6. The molecule has 0 bridgehead atoms. The molecule has 9 nitrogen and oxygen atoms in total. The molecule has 0 spiro atoms. The first-order chi connectivity index (χ1) is 7.31. The minimum absolute atomic E-state index is 0. The average Bonchev–Trinajstić information content (AvgIpc) is 2.44. The van der Waals surface area contributed by atoms with Gasteiger partial charge < -0.3 is 40.2 Å². The smallest absolute Gasteiger partial charge is 0.565 e. The molecule has 92 valence electrons. The van der Waals surface area contributed by atoms with Crippen LogP contribution in [-0.2, 0) is 9.53 Å². The fourth-order valence-corrected chi connectivity index (χ4v) is 0.823. The second-order valence-electron chi connectivity index (χ2n) is 2.58. The Bertz CT molecular complexity index is 308. The molecule has 5 N–H and O–H groups in total. The van der Waals surface area contributed by atoms with Crippen LogP contribution in [0, 0.1) is 0 Å². The summed E-state index contributed by atoms with van der Waals surface area (Å²) in [6.07, 6.45) is -4.86. The number of ether oxygens (including phenoxy) is 1. The van der Waals surface area contributed by atoms with Crippen LogP contribution in [0.15, 0.2) is 11.5 Å². The molecule has 0 aromatic rings. The second-order valence-corrected chi connectivity index (χ2v) is 2.58. The summed E-state index contributed by atoms with van der Waals surface area (Å²) in [6, 6.07) is 0. The molecule has 0 fully saturated rings. The first-order valence-electron chi connectivity index (χ1n) is 3.83. The van der Waals surface area contributed by atoms with Gasteiger partial charge >= 0.3 is 57.4 Å². The number of esters is 1. The molecule has 10 heteroatoms. The maximum absolute atomic E-state index is 10.5. The quantitative estimate of drug-likeness (QED) is 0.244. The fourth-order valence-electron chi connectivity index (χ4n) is 0.823. The van der Waals surface area contributed by atoms with Crippen LogP contribution in [0.25, 0.3) is 0 Å². The zero-order valence-corrected chi connectivity index (χ0v) is 11.9. The Morgan fingerprint density at radius 1 is 1.47 bits per heavy atom. The molecule has 0 aliphatic carbocycles. The van der Waals surface area contributed by atoms with E-state index in [9.17, 15) is 4.79 Å². The van der Waals surface area contributed by atoms with Gasteiger partial charge in [0.1, 0.15) is 6.10 Å². The van der Waals surface area contributed by atoms with Crippen molar-refractivity contribution in [2.45, 2.75) is 12.2 Å². The summed E-state index contributed by atoms with van der Waals surface area (Å²) in [5, 5.41) is 50.4. The van der Waals surface area contributed by atoms with Crippen molar-refractivity contribution in [3.63, 3.8) is 0 Å². The predicted octanol–water partition coefficient (Wildman–Crippen LogP) is -5.52. The van der Waals surface area contributed by atoms with Crippen LogP contribution in [0.2, 0.25) is 0 Å². The number of carbonyl (C=O) groups excluding carboxylic acids is 1. The number of hydrogen-bond acceptors (Lipinski definition) is 8. The maximum Gasteiger partial charge on any atom is 1.00 e. The van der Waals surface area contributed by atoms with Crippen LogP contribution in [0.1, 0.15) is 0 Å². The van der Waals surface area contributed by atoms with Crippen molar-refractivity contribution in [3.05, 3.63) is 11.5 Å². The van der Waals surface area contributed by atoms with E-state index in [2.05, 4.69) is 4.74 Å². The molecular weight excluding hydrogens is 267 g/mol. The van der Waals surface area contributed by atoms with Crippen LogP contribution in [0.5, 0.6) is 0 Å². The number of rotatable bonds is 2. The van der Waals surface area contributed by atoms with Gasteiger partial charge in [0.05, 0.1) is 6.61 Å². The molecule has 1 aliphatic rings. The number of aliphatic hydroxyl groups excluding tert-OH is 4. The Labute approximate surface area is 137 Å². The monoisotopic (exact) mass is 276 g/mol. The number of carbonyl (C=O) groups is 2. The van der Waals surface area contributed by atoms with Gasteiger partial charge in [0, 0.05) is 0 Å². The van der Waals surface area contributed by atoms with Crippen molar-refractivity contribution in [3.8, 4) is 0 Å². The molecular formula is C7H9KO9. The summed E-state index contributed by atoms with van der Waals surface area (Å²) >= 11 is 0. The average molecular weight is 276 g/mol. The number of cyclic esters (lactones) is 1. The summed E-state index contributed by atoms with van der Waals surface area (Å²) < 4.78 is 4.32. The van der Waals surface area contributed by atoms with E-state index in [1.54, 1.807) is 0 Å². The maximum atomic E-state index is 10.5. The molecule has 0 radical (unpaired) electrons. The number of hydrogen-bond donors (Lipinski definition) is 5. The van der Waals surface area contributed by atoms with Crippen LogP contribution >= 0.6 is 0 Å².